The normalized spacial score (nSPS) is 12.0. The molecule has 0 aliphatic carbocycles. The molecule has 0 saturated heterocycles. The lowest BCUT2D eigenvalue weighted by Gasteiger charge is -2.19. The van der Waals surface area contributed by atoms with E-state index in [9.17, 15) is 10.1 Å². The molecule has 0 saturated carbocycles. The van der Waals surface area contributed by atoms with Crippen molar-refractivity contribution in [1.29, 1.82) is 0 Å². The van der Waals surface area contributed by atoms with Crippen LogP contribution >= 0.6 is 15.9 Å². The van der Waals surface area contributed by atoms with Gasteiger partial charge in [-0.05, 0) is 42.7 Å². The minimum atomic E-state index is -0.361. The highest BCUT2D eigenvalue weighted by atomic mass is 79.9. The van der Waals surface area contributed by atoms with Gasteiger partial charge in [0.25, 0.3) is 5.69 Å². The Hall–Kier alpha value is -1.88. The third-order valence-electron chi connectivity index (χ3n) is 3.39. The van der Waals surface area contributed by atoms with Crippen LogP contribution in [-0.4, -0.2) is 4.92 Å². The van der Waals surface area contributed by atoms with E-state index in [1.807, 2.05) is 25.1 Å². The Morgan fingerprint density at radius 2 is 2.05 bits per heavy atom. The van der Waals surface area contributed by atoms with Crippen molar-refractivity contribution in [2.45, 2.75) is 26.3 Å². The van der Waals surface area contributed by atoms with Gasteiger partial charge in [0, 0.05) is 22.3 Å². The van der Waals surface area contributed by atoms with Gasteiger partial charge in [0.2, 0.25) is 0 Å². The number of nitrogens with one attached hydrogen (secondary N) is 1. The molecule has 1 N–H and O–H groups in total. The van der Waals surface area contributed by atoms with E-state index < -0.39 is 0 Å². The summed E-state index contributed by atoms with van der Waals surface area (Å²) in [4.78, 5) is 10.5. The molecule has 2 aromatic carbocycles. The number of benzene rings is 2. The van der Waals surface area contributed by atoms with E-state index in [0.717, 1.165) is 27.7 Å². The first-order chi connectivity index (χ1) is 10.0. The maximum absolute atomic E-state index is 10.9. The Morgan fingerprint density at radius 3 is 2.67 bits per heavy atom. The standard InChI is InChI=1S/C16H17BrN2O2/c1-3-16(12-5-4-6-14(10-12)19(20)21)18-13-7-8-15(17)11(2)9-13/h4-10,16,18H,3H2,1-2H3. The maximum atomic E-state index is 10.9. The number of hydrogen-bond acceptors (Lipinski definition) is 3. The molecular weight excluding hydrogens is 332 g/mol. The Kier molecular flexibility index (Phi) is 4.96. The summed E-state index contributed by atoms with van der Waals surface area (Å²) in [7, 11) is 0. The lowest BCUT2D eigenvalue weighted by atomic mass is 10.0. The molecule has 0 aliphatic heterocycles. The molecule has 0 amide bonds. The number of anilines is 1. The Balaban J connectivity index is 2.25. The first-order valence-corrected chi connectivity index (χ1v) is 7.57. The van der Waals surface area contributed by atoms with Gasteiger partial charge in [0.1, 0.15) is 0 Å². The van der Waals surface area contributed by atoms with Crippen LogP contribution in [0.5, 0.6) is 0 Å². The van der Waals surface area contributed by atoms with Gasteiger partial charge < -0.3 is 5.32 Å². The molecule has 4 nitrogen and oxygen atoms in total. The molecule has 0 fully saturated rings. The molecule has 2 aromatic rings. The minimum absolute atomic E-state index is 0.0467. The summed E-state index contributed by atoms with van der Waals surface area (Å²) >= 11 is 3.48. The molecule has 0 aromatic heterocycles. The number of rotatable bonds is 5. The molecule has 0 spiro atoms. The van der Waals surface area contributed by atoms with Gasteiger partial charge in [-0.2, -0.15) is 0 Å². The van der Waals surface area contributed by atoms with Crippen molar-refractivity contribution in [3.8, 4) is 0 Å². The van der Waals surface area contributed by atoms with Crippen molar-refractivity contribution >= 4 is 27.3 Å². The molecule has 2 rings (SSSR count). The highest BCUT2D eigenvalue weighted by Crippen LogP contribution is 2.27. The number of nitrogens with zero attached hydrogens (tertiary/aromatic N) is 1. The van der Waals surface area contributed by atoms with Gasteiger partial charge in [-0.25, -0.2) is 0 Å². The smallest absolute Gasteiger partial charge is 0.269 e. The van der Waals surface area contributed by atoms with E-state index in [0.29, 0.717) is 0 Å². The number of hydrogen-bond donors (Lipinski definition) is 1. The quantitative estimate of drug-likeness (QED) is 0.594. The average molecular weight is 349 g/mol. The lowest BCUT2D eigenvalue weighted by molar-refractivity contribution is -0.384. The topological polar surface area (TPSA) is 55.2 Å². The predicted octanol–water partition coefficient (Wildman–Crippen LogP) is 5.23. The van der Waals surface area contributed by atoms with Crippen LogP contribution in [0.25, 0.3) is 0 Å². The van der Waals surface area contributed by atoms with Crippen LogP contribution in [0.1, 0.15) is 30.5 Å². The molecule has 0 heterocycles. The van der Waals surface area contributed by atoms with Crippen LogP contribution in [0.2, 0.25) is 0 Å². The second-order valence-corrected chi connectivity index (χ2v) is 5.78. The van der Waals surface area contributed by atoms with E-state index in [2.05, 4.69) is 34.2 Å². The molecule has 21 heavy (non-hydrogen) atoms. The third-order valence-corrected chi connectivity index (χ3v) is 4.28. The van der Waals surface area contributed by atoms with Crippen molar-refractivity contribution < 1.29 is 4.92 Å². The Labute approximate surface area is 132 Å². The maximum Gasteiger partial charge on any atom is 0.269 e. The number of nitro benzene ring substituents is 1. The molecule has 1 atom stereocenters. The highest BCUT2D eigenvalue weighted by molar-refractivity contribution is 9.10. The third kappa shape index (κ3) is 3.82. The summed E-state index contributed by atoms with van der Waals surface area (Å²) < 4.78 is 1.07. The Bertz CT molecular complexity index is 658. The number of nitro groups is 1. The fourth-order valence-corrected chi connectivity index (χ4v) is 2.46. The average Bonchev–Trinajstić information content (AvgIpc) is 2.48. The zero-order chi connectivity index (χ0) is 15.4. The Morgan fingerprint density at radius 1 is 1.29 bits per heavy atom. The first-order valence-electron chi connectivity index (χ1n) is 6.78. The van der Waals surface area contributed by atoms with Gasteiger partial charge in [0.05, 0.1) is 11.0 Å². The van der Waals surface area contributed by atoms with Crippen molar-refractivity contribution in [2.75, 3.05) is 5.32 Å². The molecule has 0 radical (unpaired) electrons. The summed E-state index contributed by atoms with van der Waals surface area (Å²) in [5.74, 6) is 0. The second kappa shape index (κ2) is 6.72. The molecule has 5 heteroatoms. The van der Waals surface area contributed by atoms with Crippen LogP contribution in [0, 0.1) is 17.0 Å². The minimum Gasteiger partial charge on any atom is -0.378 e. The summed E-state index contributed by atoms with van der Waals surface area (Å²) in [6.07, 6.45) is 0.844. The summed E-state index contributed by atoms with van der Waals surface area (Å²) in [6, 6.07) is 12.9. The van der Waals surface area contributed by atoms with Crippen LogP contribution < -0.4 is 5.32 Å². The zero-order valence-electron chi connectivity index (χ0n) is 12.0. The van der Waals surface area contributed by atoms with E-state index in [1.165, 1.54) is 6.07 Å². The van der Waals surface area contributed by atoms with Crippen LogP contribution in [0.3, 0.4) is 0 Å². The van der Waals surface area contributed by atoms with E-state index >= 15 is 0 Å². The van der Waals surface area contributed by atoms with Gasteiger partial charge in [-0.3, -0.25) is 10.1 Å². The van der Waals surface area contributed by atoms with Crippen molar-refractivity contribution in [1.82, 2.24) is 0 Å². The van der Waals surface area contributed by atoms with E-state index in [4.69, 9.17) is 0 Å². The molecule has 0 bridgehead atoms. The first kappa shape index (κ1) is 15.5. The van der Waals surface area contributed by atoms with Crippen LogP contribution in [0.15, 0.2) is 46.9 Å². The number of non-ortho nitro benzene ring substituents is 1. The predicted molar refractivity (Wildman–Crippen MR) is 88.6 cm³/mol. The fraction of sp³-hybridized carbons (Fsp3) is 0.250. The highest BCUT2D eigenvalue weighted by Gasteiger charge is 2.13. The summed E-state index contributed by atoms with van der Waals surface area (Å²) in [6.45, 7) is 4.09. The lowest BCUT2D eigenvalue weighted by Crippen LogP contribution is -2.10. The summed E-state index contributed by atoms with van der Waals surface area (Å²) in [5.41, 5.74) is 3.20. The van der Waals surface area contributed by atoms with Crippen molar-refractivity contribution in [2.24, 2.45) is 0 Å². The second-order valence-electron chi connectivity index (χ2n) is 4.92. The molecule has 0 aliphatic rings. The van der Waals surface area contributed by atoms with Gasteiger partial charge in [-0.15, -0.1) is 0 Å². The van der Waals surface area contributed by atoms with E-state index in [-0.39, 0.29) is 16.7 Å². The zero-order valence-corrected chi connectivity index (χ0v) is 13.6. The summed E-state index contributed by atoms with van der Waals surface area (Å²) in [5, 5.41) is 14.3. The fourth-order valence-electron chi connectivity index (χ4n) is 2.21. The largest absolute Gasteiger partial charge is 0.378 e. The van der Waals surface area contributed by atoms with Crippen molar-refractivity contribution in [3.63, 3.8) is 0 Å². The van der Waals surface area contributed by atoms with Gasteiger partial charge >= 0.3 is 0 Å². The van der Waals surface area contributed by atoms with Crippen LogP contribution in [-0.2, 0) is 0 Å². The van der Waals surface area contributed by atoms with Gasteiger partial charge in [-0.1, -0.05) is 35.0 Å². The number of aryl methyl sites for hydroxylation is 1. The van der Waals surface area contributed by atoms with E-state index in [1.54, 1.807) is 12.1 Å². The molecular formula is C16H17BrN2O2. The monoisotopic (exact) mass is 348 g/mol. The van der Waals surface area contributed by atoms with Gasteiger partial charge in [0.15, 0.2) is 0 Å². The number of halogens is 1. The SMILES string of the molecule is CCC(Nc1ccc(Br)c(C)c1)c1cccc([N+](=O)[O-])c1. The van der Waals surface area contributed by atoms with Crippen LogP contribution in [0.4, 0.5) is 11.4 Å². The molecule has 1 unspecified atom stereocenters. The molecule has 110 valence electrons. The van der Waals surface area contributed by atoms with Crippen molar-refractivity contribution in [3.05, 3.63) is 68.2 Å².